The summed E-state index contributed by atoms with van der Waals surface area (Å²) < 4.78 is 0. The van der Waals surface area contributed by atoms with Crippen molar-refractivity contribution in [3.8, 4) is 0 Å². The number of hydrogen-bond donors (Lipinski definition) is 1. The highest BCUT2D eigenvalue weighted by molar-refractivity contribution is 5.45. The van der Waals surface area contributed by atoms with Crippen LogP contribution in [0.4, 0.5) is 5.69 Å². The predicted molar refractivity (Wildman–Crippen MR) is 58.8 cm³/mol. The normalized spacial score (nSPS) is 10.1. The Morgan fingerprint density at radius 1 is 1.29 bits per heavy atom. The second kappa shape index (κ2) is 6.27. The molecule has 0 saturated heterocycles. The summed E-state index contributed by atoms with van der Waals surface area (Å²) in [7, 11) is 0. The minimum Gasteiger partial charge on any atom is -0.316 e. The molecule has 1 aromatic carbocycles. The standard InChI is InChI=1S/C11H16N2O/c1-2-8-12-9-7-10-5-3-4-6-11(10)13-14/h3-6,12H,2,7-9H2,1H3. The van der Waals surface area contributed by atoms with E-state index in [2.05, 4.69) is 17.4 Å². The molecule has 0 atom stereocenters. The summed E-state index contributed by atoms with van der Waals surface area (Å²) in [4.78, 5) is 10.4. The number of nitrogens with one attached hydrogen (secondary N) is 1. The highest BCUT2D eigenvalue weighted by Crippen LogP contribution is 2.17. The first kappa shape index (κ1) is 10.9. The molecule has 0 aliphatic carbocycles. The molecule has 0 amide bonds. The highest BCUT2D eigenvalue weighted by Gasteiger charge is 2.00. The van der Waals surface area contributed by atoms with Gasteiger partial charge in [-0.25, -0.2) is 0 Å². The van der Waals surface area contributed by atoms with E-state index >= 15 is 0 Å². The van der Waals surface area contributed by atoms with E-state index in [9.17, 15) is 4.91 Å². The third kappa shape index (κ3) is 3.26. The van der Waals surface area contributed by atoms with Gasteiger partial charge in [-0.05, 0) is 42.7 Å². The van der Waals surface area contributed by atoms with Crippen molar-refractivity contribution >= 4 is 5.69 Å². The fourth-order valence-electron chi connectivity index (χ4n) is 1.34. The molecular weight excluding hydrogens is 176 g/mol. The van der Waals surface area contributed by atoms with Crippen molar-refractivity contribution in [1.29, 1.82) is 0 Å². The Kier molecular flexibility index (Phi) is 4.86. The molecule has 0 fully saturated rings. The molecule has 1 aromatic rings. The SMILES string of the molecule is CCCNCCc1ccccc1N=O. The maximum absolute atomic E-state index is 10.4. The lowest BCUT2D eigenvalue weighted by molar-refractivity contribution is 0.671. The van der Waals surface area contributed by atoms with E-state index in [-0.39, 0.29) is 0 Å². The van der Waals surface area contributed by atoms with Crippen molar-refractivity contribution in [3.63, 3.8) is 0 Å². The minimum atomic E-state index is 0.561. The van der Waals surface area contributed by atoms with E-state index in [1.54, 1.807) is 6.07 Å². The molecule has 1 N–H and O–H groups in total. The maximum atomic E-state index is 10.4. The van der Waals surface area contributed by atoms with E-state index in [0.29, 0.717) is 5.69 Å². The van der Waals surface area contributed by atoms with Gasteiger partial charge in [-0.1, -0.05) is 25.1 Å². The van der Waals surface area contributed by atoms with Crippen LogP contribution >= 0.6 is 0 Å². The molecule has 0 spiro atoms. The Morgan fingerprint density at radius 2 is 2.07 bits per heavy atom. The molecular formula is C11H16N2O. The average molecular weight is 192 g/mol. The molecule has 0 aliphatic rings. The Labute approximate surface area is 84.5 Å². The van der Waals surface area contributed by atoms with Crippen molar-refractivity contribution < 1.29 is 0 Å². The first-order chi connectivity index (χ1) is 6.88. The van der Waals surface area contributed by atoms with Gasteiger partial charge in [0.25, 0.3) is 0 Å². The first-order valence-electron chi connectivity index (χ1n) is 5.00. The molecule has 0 unspecified atom stereocenters. The van der Waals surface area contributed by atoms with Gasteiger partial charge < -0.3 is 5.32 Å². The average Bonchev–Trinajstić information content (AvgIpc) is 2.25. The first-order valence-corrected chi connectivity index (χ1v) is 5.00. The molecule has 14 heavy (non-hydrogen) atoms. The summed E-state index contributed by atoms with van der Waals surface area (Å²) in [5.74, 6) is 0. The van der Waals surface area contributed by atoms with Gasteiger partial charge in [0, 0.05) is 0 Å². The van der Waals surface area contributed by atoms with Crippen molar-refractivity contribution in [1.82, 2.24) is 5.32 Å². The Balaban J connectivity index is 2.45. The number of nitroso groups, excluding NO2 is 1. The fraction of sp³-hybridized carbons (Fsp3) is 0.455. The van der Waals surface area contributed by atoms with Crippen LogP contribution in [0, 0.1) is 4.91 Å². The van der Waals surface area contributed by atoms with Crippen LogP contribution in [-0.4, -0.2) is 13.1 Å². The van der Waals surface area contributed by atoms with Crippen LogP contribution in [0.15, 0.2) is 29.4 Å². The number of hydrogen-bond acceptors (Lipinski definition) is 3. The smallest absolute Gasteiger partial charge is 0.111 e. The Morgan fingerprint density at radius 3 is 2.79 bits per heavy atom. The van der Waals surface area contributed by atoms with Gasteiger partial charge in [-0.3, -0.25) is 0 Å². The number of nitrogens with zero attached hydrogens (tertiary/aromatic N) is 1. The van der Waals surface area contributed by atoms with Gasteiger partial charge >= 0.3 is 0 Å². The molecule has 0 saturated carbocycles. The van der Waals surface area contributed by atoms with E-state index < -0.39 is 0 Å². The molecule has 1 rings (SSSR count). The van der Waals surface area contributed by atoms with E-state index in [4.69, 9.17) is 0 Å². The molecule has 0 aromatic heterocycles. The summed E-state index contributed by atoms with van der Waals surface area (Å²) in [5, 5.41) is 6.28. The fourth-order valence-corrected chi connectivity index (χ4v) is 1.34. The molecule has 76 valence electrons. The van der Waals surface area contributed by atoms with Crippen LogP contribution in [-0.2, 0) is 6.42 Å². The maximum Gasteiger partial charge on any atom is 0.111 e. The molecule has 3 nitrogen and oxygen atoms in total. The summed E-state index contributed by atoms with van der Waals surface area (Å²) in [6, 6.07) is 7.47. The van der Waals surface area contributed by atoms with E-state index in [0.717, 1.165) is 31.5 Å². The van der Waals surface area contributed by atoms with Gasteiger partial charge in [0.15, 0.2) is 0 Å². The molecule has 0 bridgehead atoms. The van der Waals surface area contributed by atoms with Crippen LogP contribution in [0.3, 0.4) is 0 Å². The lowest BCUT2D eigenvalue weighted by atomic mass is 10.1. The topological polar surface area (TPSA) is 41.5 Å². The van der Waals surface area contributed by atoms with Crippen LogP contribution < -0.4 is 5.32 Å². The second-order valence-electron chi connectivity index (χ2n) is 3.22. The second-order valence-corrected chi connectivity index (χ2v) is 3.22. The highest BCUT2D eigenvalue weighted by atomic mass is 16.3. The van der Waals surface area contributed by atoms with Gasteiger partial charge in [0.05, 0.1) is 0 Å². The monoisotopic (exact) mass is 192 g/mol. The van der Waals surface area contributed by atoms with Gasteiger partial charge in [-0.15, -0.1) is 4.91 Å². The van der Waals surface area contributed by atoms with E-state index in [1.807, 2.05) is 18.2 Å². The lowest BCUT2D eigenvalue weighted by Gasteiger charge is -2.04. The van der Waals surface area contributed by atoms with E-state index in [1.165, 1.54) is 0 Å². The summed E-state index contributed by atoms with van der Waals surface area (Å²) in [5.41, 5.74) is 1.58. The Hall–Kier alpha value is -1.22. The van der Waals surface area contributed by atoms with Crippen molar-refractivity contribution in [2.75, 3.05) is 13.1 Å². The minimum absolute atomic E-state index is 0.561. The quantitative estimate of drug-likeness (QED) is 0.556. The summed E-state index contributed by atoms with van der Waals surface area (Å²) >= 11 is 0. The van der Waals surface area contributed by atoms with Crippen molar-refractivity contribution in [3.05, 3.63) is 34.7 Å². The van der Waals surface area contributed by atoms with Crippen molar-refractivity contribution in [2.24, 2.45) is 5.18 Å². The zero-order valence-electron chi connectivity index (χ0n) is 8.49. The third-order valence-corrected chi connectivity index (χ3v) is 2.09. The predicted octanol–water partition coefficient (Wildman–Crippen LogP) is 2.63. The summed E-state index contributed by atoms with van der Waals surface area (Å²) in [6.07, 6.45) is 2.00. The van der Waals surface area contributed by atoms with Crippen molar-refractivity contribution in [2.45, 2.75) is 19.8 Å². The number of benzene rings is 1. The zero-order valence-corrected chi connectivity index (χ0v) is 8.49. The van der Waals surface area contributed by atoms with Crippen LogP contribution in [0.25, 0.3) is 0 Å². The summed E-state index contributed by atoms with van der Waals surface area (Å²) in [6.45, 7) is 4.06. The van der Waals surface area contributed by atoms with Gasteiger partial charge in [0.1, 0.15) is 5.69 Å². The largest absolute Gasteiger partial charge is 0.316 e. The lowest BCUT2D eigenvalue weighted by Crippen LogP contribution is -2.17. The molecule has 0 heterocycles. The number of rotatable bonds is 6. The molecule has 0 radical (unpaired) electrons. The third-order valence-electron chi connectivity index (χ3n) is 2.09. The van der Waals surface area contributed by atoms with Crippen LogP contribution in [0.5, 0.6) is 0 Å². The van der Waals surface area contributed by atoms with Gasteiger partial charge in [0.2, 0.25) is 0 Å². The molecule has 3 heteroatoms. The van der Waals surface area contributed by atoms with Gasteiger partial charge in [-0.2, -0.15) is 0 Å². The zero-order chi connectivity index (χ0) is 10.2. The van der Waals surface area contributed by atoms with Crippen LogP contribution in [0.1, 0.15) is 18.9 Å². The molecule has 0 aliphatic heterocycles. The Bertz CT molecular complexity index is 286. The van der Waals surface area contributed by atoms with Crippen LogP contribution in [0.2, 0.25) is 0 Å².